The molecular weight excluding hydrogens is 308 g/mol. The first-order valence-electron chi connectivity index (χ1n) is 8.88. The molecule has 4 atom stereocenters. The maximum Gasteiger partial charge on any atom is 0.257 e. The number of hydrogen-bond acceptors (Lipinski definition) is 6. The van der Waals surface area contributed by atoms with Crippen molar-refractivity contribution >= 4 is 0 Å². The number of fused-ring (bicyclic) bond motifs is 2. The standard InChI is InChI=1S/C18H26N2O4/c1-4-5-6-22-17-13-9-18-11(10-21)7-12(23-18)8-14(18)15(20(2)3)16(13)24-19-17/h7,12,14-15,21H,4-6,8-10H2,1-3H3/t12-,14-,15-,18+/m0/s1. The molecule has 0 amide bonds. The predicted octanol–water partition coefficient (Wildman–Crippen LogP) is 2.09. The van der Waals surface area contributed by atoms with Gasteiger partial charge < -0.3 is 19.1 Å². The summed E-state index contributed by atoms with van der Waals surface area (Å²) in [5.41, 5.74) is 1.57. The second kappa shape index (κ2) is 5.86. The Kier molecular flexibility index (Phi) is 3.94. The molecule has 6 heteroatoms. The minimum Gasteiger partial charge on any atom is -0.475 e. The first-order chi connectivity index (χ1) is 11.6. The number of nitrogens with zero attached hydrogens (tertiary/aromatic N) is 2. The van der Waals surface area contributed by atoms with Crippen LogP contribution in [0.25, 0.3) is 0 Å². The van der Waals surface area contributed by atoms with Crippen molar-refractivity contribution in [2.24, 2.45) is 5.92 Å². The molecule has 1 spiro atoms. The third-order valence-corrected chi connectivity index (χ3v) is 5.71. The monoisotopic (exact) mass is 334 g/mol. The van der Waals surface area contributed by atoms with Crippen LogP contribution in [-0.4, -0.2) is 54.2 Å². The van der Waals surface area contributed by atoms with E-state index in [2.05, 4.69) is 37.2 Å². The van der Waals surface area contributed by atoms with E-state index in [1.54, 1.807) is 0 Å². The highest BCUT2D eigenvalue weighted by atomic mass is 16.5. The van der Waals surface area contributed by atoms with Gasteiger partial charge in [0.05, 0.1) is 30.9 Å². The largest absolute Gasteiger partial charge is 0.475 e. The van der Waals surface area contributed by atoms with Gasteiger partial charge in [-0.05, 0) is 37.7 Å². The molecule has 0 radical (unpaired) electrons. The molecule has 1 aromatic rings. The predicted molar refractivity (Wildman–Crippen MR) is 87.9 cm³/mol. The normalized spacial score (nSPS) is 33.5. The maximum atomic E-state index is 9.86. The molecule has 0 unspecified atom stereocenters. The fraction of sp³-hybridized carbons (Fsp3) is 0.722. The molecule has 132 valence electrons. The highest BCUT2D eigenvalue weighted by molar-refractivity contribution is 5.44. The van der Waals surface area contributed by atoms with Crippen LogP contribution in [-0.2, 0) is 11.2 Å². The number of ether oxygens (including phenoxy) is 2. The molecule has 1 fully saturated rings. The molecule has 1 aliphatic carbocycles. The molecular formula is C18H26N2O4. The molecule has 2 bridgehead atoms. The van der Waals surface area contributed by atoms with Gasteiger partial charge in [0.25, 0.3) is 5.88 Å². The van der Waals surface area contributed by atoms with Gasteiger partial charge in [-0.25, -0.2) is 0 Å². The molecule has 0 aromatic carbocycles. The number of hydrogen-bond donors (Lipinski definition) is 1. The van der Waals surface area contributed by atoms with Crippen molar-refractivity contribution in [3.8, 4) is 5.88 Å². The van der Waals surface area contributed by atoms with Crippen LogP contribution in [0.2, 0.25) is 0 Å². The SMILES string of the molecule is CCCCOc1noc2c1C[C@@]13O[C@@H](C=C1CO)C[C@H]3[C@@H]2N(C)C. The summed E-state index contributed by atoms with van der Waals surface area (Å²) in [5.74, 6) is 1.76. The second-order valence-electron chi connectivity index (χ2n) is 7.36. The van der Waals surface area contributed by atoms with Gasteiger partial charge in [0.1, 0.15) is 5.60 Å². The van der Waals surface area contributed by atoms with Crippen LogP contribution >= 0.6 is 0 Å². The summed E-state index contributed by atoms with van der Waals surface area (Å²) in [5, 5.41) is 14.1. The van der Waals surface area contributed by atoms with Crippen LogP contribution in [0, 0.1) is 5.92 Å². The lowest BCUT2D eigenvalue weighted by Gasteiger charge is -2.44. The zero-order chi connectivity index (χ0) is 16.9. The summed E-state index contributed by atoms with van der Waals surface area (Å²) in [6, 6.07) is 0.0880. The summed E-state index contributed by atoms with van der Waals surface area (Å²) in [4.78, 5) is 2.17. The van der Waals surface area contributed by atoms with Crippen LogP contribution < -0.4 is 4.74 Å². The third-order valence-electron chi connectivity index (χ3n) is 5.71. The van der Waals surface area contributed by atoms with E-state index in [1.165, 1.54) is 0 Å². The molecule has 1 saturated heterocycles. The molecule has 0 saturated carbocycles. The van der Waals surface area contributed by atoms with Gasteiger partial charge in [0.2, 0.25) is 0 Å². The lowest BCUT2D eigenvalue weighted by atomic mass is 9.66. The Morgan fingerprint density at radius 1 is 1.46 bits per heavy atom. The fourth-order valence-electron chi connectivity index (χ4n) is 4.65. The zero-order valence-corrected chi connectivity index (χ0v) is 14.6. The van der Waals surface area contributed by atoms with Crippen molar-refractivity contribution in [1.82, 2.24) is 10.1 Å². The van der Waals surface area contributed by atoms with E-state index < -0.39 is 5.60 Å². The molecule has 6 nitrogen and oxygen atoms in total. The Balaban J connectivity index is 1.73. The van der Waals surface area contributed by atoms with Crippen molar-refractivity contribution in [3.63, 3.8) is 0 Å². The number of aliphatic hydroxyl groups is 1. The molecule has 24 heavy (non-hydrogen) atoms. The van der Waals surface area contributed by atoms with E-state index in [4.69, 9.17) is 14.0 Å². The third kappa shape index (κ3) is 2.16. The topological polar surface area (TPSA) is 68.0 Å². The van der Waals surface area contributed by atoms with Gasteiger partial charge in [0.15, 0.2) is 5.76 Å². The van der Waals surface area contributed by atoms with E-state index >= 15 is 0 Å². The highest BCUT2D eigenvalue weighted by Gasteiger charge is 2.62. The van der Waals surface area contributed by atoms with Crippen molar-refractivity contribution in [2.75, 3.05) is 27.3 Å². The molecule has 2 aliphatic heterocycles. The van der Waals surface area contributed by atoms with Crippen LogP contribution in [0.3, 0.4) is 0 Å². The average Bonchev–Trinajstić information content (AvgIpc) is 3.22. The van der Waals surface area contributed by atoms with Gasteiger partial charge in [-0.15, -0.1) is 0 Å². The lowest BCUT2D eigenvalue weighted by molar-refractivity contribution is -0.0306. The second-order valence-corrected chi connectivity index (χ2v) is 7.36. The van der Waals surface area contributed by atoms with E-state index in [1.807, 2.05) is 0 Å². The van der Waals surface area contributed by atoms with E-state index in [0.29, 0.717) is 18.9 Å². The van der Waals surface area contributed by atoms with Gasteiger partial charge in [-0.1, -0.05) is 19.4 Å². The minimum absolute atomic E-state index is 0.0415. The van der Waals surface area contributed by atoms with E-state index in [-0.39, 0.29) is 24.7 Å². The Morgan fingerprint density at radius 2 is 2.29 bits per heavy atom. The maximum absolute atomic E-state index is 9.86. The Labute approximate surface area is 142 Å². The molecule has 3 aliphatic rings. The molecule has 1 aromatic heterocycles. The summed E-state index contributed by atoms with van der Waals surface area (Å²) in [6.07, 6.45) is 5.89. The Bertz CT molecular complexity index is 653. The number of unbranched alkanes of at least 4 members (excludes halogenated alkanes) is 1. The zero-order valence-electron chi connectivity index (χ0n) is 14.6. The smallest absolute Gasteiger partial charge is 0.257 e. The first kappa shape index (κ1) is 16.1. The summed E-state index contributed by atoms with van der Waals surface area (Å²) in [6.45, 7) is 2.82. The van der Waals surface area contributed by atoms with Crippen LogP contribution in [0.15, 0.2) is 16.2 Å². The lowest BCUT2D eigenvalue weighted by Crippen LogP contribution is -2.49. The van der Waals surface area contributed by atoms with Crippen LogP contribution in [0.5, 0.6) is 5.88 Å². The summed E-state index contributed by atoms with van der Waals surface area (Å²) in [7, 11) is 4.11. The van der Waals surface area contributed by atoms with Gasteiger partial charge >= 0.3 is 0 Å². The first-order valence-corrected chi connectivity index (χ1v) is 8.88. The van der Waals surface area contributed by atoms with Crippen LogP contribution in [0.4, 0.5) is 0 Å². The van der Waals surface area contributed by atoms with Crippen molar-refractivity contribution in [3.05, 3.63) is 23.0 Å². The fourth-order valence-corrected chi connectivity index (χ4v) is 4.65. The van der Waals surface area contributed by atoms with E-state index in [0.717, 1.165) is 36.2 Å². The quantitative estimate of drug-likeness (QED) is 0.635. The summed E-state index contributed by atoms with van der Waals surface area (Å²) < 4.78 is 17.9. The summed E-state index contributed by atoms with van der Waals surface area (Å²) >= 11 is 0. The van der Waals surface area contributed by atoms with Crippen molar-refractivity contribution < 1.29 is 19.1 Å². The Morgan fingerprint density at radius 3 is 3.00 bits per heavy atom. The van der Waals surface area contributed by atoms with Crippen LogP contribution in [0.1, 0.15) is 43.6 Å². The number of rotatable bonds is 6. The number of aromatic nitrogens is 1. The average molecular weight is 334 g/mol. The van der Waals surface area contributed by atoms with Gasteiger partial charge in [-0.3, -0.25) is 4.90 Å². The number of aliphatic hydroxyl groups excluding tert-OH is 1. The highest BCUT2D eigenvalue weighted by Crippen LogP contribution is 2.59. The van der Waals surface area contributed by atoms with Crippen molar-refractivity contribution in [2.45, 2.75) is 50.4 Å². The van der Waals surface area contributed by atoms with E-state index in [9.17, 15) is 5.11 Å². The molecule has 3 heterocycles. The minimum atomic E-state index is -0.435. The van der Waals surface area contributed by atoms with Gasteiger partial charge in [0, 0.05) is 12.3 Å². The van der Waals surface area contributed by atoms with Crippen molar-refractivity contribution in [1.29, 1.82) is 0 Å². The molecule has 4 rings (SSSR count). The van der Waals surface area contributed by atoms with Gasteiger partial charge in [-0.2, -0.15) is 0 Å². The Hall–Kier alpha value is -1.37. The molecule has 1 N–H and O–H groups in total.